The third kappa shape index (κ3) is 4.02. The van der Waals surface area contributed by atoms with E-state index in [2.05, 4.69) is 32.7 Å². The Labute approximate surface area is 230 Å². The lowest BCUT2D eigenvalue weighted by molar-refractivity contribution is -0.205. The highest BCUT2D eigenvalue weighted by molar-refractivity contribution is 8.00. The molecular formula is C30H45NO6S. The molecule has 3 N–H and O–H groups in total. The van der Waals surface area contributed by atoms with Gasteiger partial charge in [-0.3, -0.25) is 14.4 Å². The lowest BCUT2D eigenvalue weighted by Crippen LogP contribution is -2.63. The number of carbonyl (C=O) groups excluding carboxylic acids is 3. The third-order valence-corrected chi connectivity index (χ3v) is 13.5. The second kappa shape index (κ2) is 9.91. The van der Waals surface area contributed by atoms with Crippen molar-refractivity contribution in [2.75, 3.05) is 5.75 Å². The minimum absolute atomic E-state index is 0.0577. The van der Waals surface area contributed by atoms with Crippen LogP contribution in [0.4, 0.5) is 0 Å². The predicted molar refractivity (Wildman–Crippen MR) is 146 cm³/mol. The second-order valence-corrected chi connectivity index (χ2v) is 14.8. The maximum Gasteiger partial charge on any atom is 0.316 e. The predicted octanol–water partition coefficient (Wildman–Crippen LogP) is 3.51. The molecular weight excluding hydrogens is 502 g/mol. The normalized spacial score (nSPS) is 51.6. The van der Waals surface area contributed by atoms with E-state index in [1.165, 1.54) is 11.8 Å². The van der Waals surface area contributed by atoms with E-state index in [1.54, 1.807) is 0 Å². The Morgan fingerprint density at radius 2 is 1.95 bits per heavy atom. The second-order valence-electron chi connectivity index (χ2n) is 13.6. The van der Waals surface area contributed by atoms with Crippen molar-refractivity contribution in [3.8, 4) is 0 Å². The van der Waals surface area contributed by atoms with Crippen LogP contribution in [0.25, 0.3) is 0 Å². The van der Waals surface area contributed by atoms with Gasteiger partial charge in [0.25, 0.3) is 0 Å². The van der Waals surface area contributed by atoms with Crippen LogP contribution in [0.2, 0.25) is 0 Å². The maximum absolute atomic E-state index is 13.5. The van der Waals surface area contributed by atoms with Gasteiger partial charge in [-0.05, 0) is 67.6 Å². The lowest BCUT2D eigenvalue weighted by Gasteiger charge is -2.61. The van der Waals surface area contributed by atoms with Crippen LogP contribution >= 0.6 is 11.8 Å². The number of aliphatic hydroxyl groups is 2. The standard InChI is InChI=1S/C30H45NO6S/c1-6-28(4)13-23(37-24(34)14-38-22-12-18-19(25(22)35)11-20(18)31-15-32)29(5)16(2)7-9-30(17(3)27(28)36)10-8-21(33)26(29)30/h6,15-20,22-23,25-27,35-36H,1,7-14H2,2-5H3,(H,31,32)/t16?,17-,18-,19-,20+,22+,23+,25+,26-,27?,28+,29-,30?/m0/s1. The highest BCUT2D eigenvalue weighted by Crippen LogP contribution is 2.68. The molecule has 13 atom stereocenters. The summed E-state index contributed by atoms with van der Waals surface area (Å²) >= 11 is 1.44. The Balaban J connectivity index is 1.36. The fraction of sp³-hybridized carbons (Fsp3) is 0.833. The molecule has 0 aromatic carbocycles. The van der Waals surface area contributed by atoms with E-state index in [9.17, 15) is 24.6 Å². The molecule has 5 rings (SSSR count). The molecule has 0 aliphatic heterocycles. The summed E-state index contributed by atoms with van der Waals surface area (Å²) < 4.78 is 6.33. The van der Waals surface area contributed by atoms with Gasteiger partial charge in [0.1, 0.15) is 11.9 Å². The first-order chi connectivity index (χ1) is 17.9. The van der Waals surface area contributed by atoms with E-state index in [0.717, 1.165) is 38.5 Å². The number of hydrogen-bond acceptors (Lipinski definition) is 7. The average molecular weight is 548 g/mol. The number of esters is 1. The number of rotatable bonds is 7. The van der Waals surface area contributed by atoms with Crippen molar-refractivity contribution in [1.29, 1.82) is 0 Å². The number of aliphatic hydroxyl groups excluding tert-OH is 2. The Bertz CT molecular complexity index is 990. The number of nitrogens with one attached hydrogen (secondary N) is 1. The highest BCUT2D eigenvalue weighted by atomic mass is 32.2. The van der Waals surface area contributed by atoms with Gasteiger partial charge in [0.15, 0.2) is 0 Å². The molecule has 0 saturated heterocycles. The van der Waals surface area contributed by atoms with Crippen molar-refractivity contribution < 1.29 is 29.3 Å². The fourth-order valence-electron chi connectivity index (χ4n) is 9.48. The molecule has 212 valence electrons. The van der Waals surface area contributed by atoms with Gasteiger partial charge < -0.3 is 20.3 Å². The topological polar surface area (TPSA) is 113 Å². The number of fused-ring (bicyclic) bond motifs is 1. The van der Waals surface area contributed by atoms with Crippen LogP contribution in [-0.2, 0) is 19.1 Å². The maximum atomic E-state index is 13.5. The van der Waals surface area contributed by atoms with E-state index >= 15 is 0 Å². The van der Waals surface area contributed by atoms with Crippen LogP contribution in [0.15, 0.2) is 12.7 Å². The summed E-state index contributed by atoms with van der Waals surface area (Å²) in [6.45, 7) is 12.5. The summed E-state index contributed by atoms with van der Waals surface area (Å²) in [5, 5.41) is 25.2. The molecule has 0 radical (unpaired) electrons. The number of ether oxygens (including phenoxy) is 1. The van der Waals surface area contributed by atoms with Crippen molar-refractivity contribution >= 4 is 29.9 Å². The molecule has 0 aromatic heterocycles. The quantitative estimate of drug-likeness (QED) is 0.254. The van der Waals surface area contributed by atoms with Gasteiger partial charge in [0.2, 0.25) is 6.41 Å². The molecule has 1 amide bonds. The summed E-state index contributed by atoms with van der Waals surface area (Å²) in [7, 11) is 0. The van der Waals surface area contributed by atoms with Crippen molar-refractivity contribution in [2.24, 2.45) is 45.8 Å². The first-order valence-corrected chi connectivity index (χ1v) is 15.5. The van der Waals surface area contributed by atoms with E-state index in [4.69, 9.17) is 4.74 Å². The van der Waals surface area contributed by atoms with Gasteiger partial charge in [-0.2, -0.15) is 0 Å². The van der Waals surface area contributed by atoms with Crippen LogP contribution in [-0.4, -0.2) is 63.7 Å². The minimum Gasteiger partial charge on any atom is -0.461 e. The van der Waals surface area contributed by atoms with Gasteiger partial charge in [-0.15, -0.1) is 18.3 Å². The zero-order valence-corrected chi connectivity index (χ0v) is 24.0. The van der Waals surface area contributed by atoms with Crippen molar-refractivity contribution in [2.45, 2.75) is 102 Å². The third-order valence-electron chi connectivity index (χ3n) is 12.2. The largest absolute Gasteiger partial charge is 0.461 e. The van der Waals surface area contributed by atoms with Gasteiger partial charge >= 0.3 is 5.97 Å². The molecule has 5 saturated carbocycles. The molecule has 0 heterocycles. The summed E-state index contributed by atoms with van der Waals surface area (Å²) in [5.74, 6) is 0.370. The van der Waals surface area contributed by atoms with Crippen LogP contribution < -0.4 is 5.32 Å². The minimum atomic E-state index is -0.682. The SMILES string of the molecule is C=C[C@]1(C)C[C@@H](OC(=O)CS[C@@H]2C[C@H]3[C@H](C[C@H]3NC=O)[C@H]2O)[C@]2(C)C(C)CCC3(CCC(=O)[C@H]32)[C@@H](C)C1O. The number of hydrogen-bond donors (Lipinski definition) is 3. The van der Waals surface area contributed by atoms with Gasteiger partial charge in [0.05, 0.1) is 18.0 Å². The number of amides is 1. The monoisotopic (exact) mass is 547 g/mol. The Hall–Kier alpha value is -1.38. The molecule has 8 heteroatoms. The number of thioether (sulfide) groups is 1. The Kier molecular flexibility index (Phi) is 7.35. The zero-order valence-electron chi connectivity index (χ0n) is 23.2. The summed E-state index contributed by atoms with van der Waals surface area (Å²) in [5.41, 5.74) is -1.47. The lowest BCUT2D eigenvalue weighted by atomic mass is 9.44. The van der Waals surface area contributed by atoms with Crippen molar-refractivity contribution in [3.05, 3.63) is 12.7 Å². The van der Waals surface area contributed by atoms with Crippen LogP contribution in [0.1, 0.15) is 72.6 Å². The van der Waals surface area contributed by atoms with E-state index < -0.39 is 29.1 Å². The molecule has 3 unspecified atom stereocenters. The van der Waals surface area contributed by atoms with Crippen LogP contribution in [0.3, 0.4) is 0 Å². The molecule has 0 spiro atoms. The molecule has 38 heavy (non-hydrogen) atoms. The summed E-state index contributed by atoms with van der Waals surface area (Å²) in [4.78, 5) is 37.8. The summed E-state index contributed by atoms with van der Waals surface area (Å²) in [6, 6.07) is 0.113. The molecule has 0 aromatic rings. The molecule has 7 nitrogen and oxygen atoms in total. The number of Topliss-reactive ketones (excluding diaryl/α,β-unsaturated/α-hetero) is 1. The first-order valence-electron chi connectivity index (χ1n) is 14.5. The van der Waals surface area contributed by atoms with E-state index in [-0.39, 0.29) is 63.8 Å². The molecule has 5 aliphatic rings. The Morgan fingerprint density at radius 1 is 1.21 bits per heavy atom. The van der Waals surface area contributed by atoms with E-state index in [0.29, 0.717) is 12.8 Å². The molecule has 5 aliphatic carbocycles. The van der Waals surface area contributed by atoms with Gasteiger partial charge in [0, 0.05) is 34.5 Å². The average Bonchev–Trinajstić information content (AvgIpc) is 3.36. The van der Waals surface area contributed by atoms with Crippen LogP contribution in [0, 0.1) is 45.8 Å². The zero-order chi connectivity index (χ0) is 27.6. The van der Waals surface area contributed by atoms with Gasteiger partial charge in [-0.25, -0.2) is 0 Å². The first kappa shape index (κ1) is 28.2. The molecule has 2 bridgehead atoms. The smallest absolute Gasteiger partial charge is 0.316 e. The number of carbonyl (C=O) groups is 3. The highest BCUT2D eigenvalue weighted by Gasteiger charge is 2.68. The van der Waals surface area contributed by atoms with Gasteiger partial charge in [-0.1, -0.05) is 33.8 Å². The summed E-state index contributed by atoms with van der Waals surface area (Å²) in [6.07, 6.45) is 5.98. The van der Waals surface area contributed by atoms with E-state index in [1.807, 2.05) is 13.0 Å². The molecule has 5 fully saturated rings. The number of ketones is 1. The fourth-order valence-corrected chi connectivity index (χ4v) is 10.7. The Morgan fingerprint density at radius 3 is 2.63 bits per heavy atom. The van der Waals surface area contributed by atoms with Crippen molar-refractivity contribution in [3.63, 3.8) is 0 Å². The van der Waals surface area contributed by atoms with Crippen LogP contribution in [0.5, 0.6) is 0 Å². The van der Waals surface area contributed by atoms with Crippen molar-refractivity contribution in [1.82, 2.24) is 5.32 Å².